The molecule has 0 spiro atoms. The van der Waals surface area contributed by atoms with Crippen molar-refractivity contribution in [1.82, 2.24) is 10.2 Å². The lowest BCUT2D eigenvalue weighted by atomic mass is 10.1. The average Bonchev–Trinajstić information content (AvgIpc) is 2.99. The lowest BCUT2D eigenvalue weighted by Crippen LogP contribution is -2.34. The maximum Gasteiger partial charge on any atom is 0.225 e. The van der Waals surface area contributed by atoms with Gasteiger partial charge in [0.25, 0.3) is 0 Å². The minimum atomic E-state index is -0.304. The van der Waals surface area contributed by atoms with E-state index in [2.05, 4.69) is 5.32 Å². The van der Waals surface area contributed by atoms with Gasteiger partial charge in [-0.2, -0.15) is 0 Å². The number of aryl methyl sites for hydroxylation is 1. The molecule has 0 saturated carbocycles. The van der Waals surface area contributed by atoms with E-state index in [1.54, 1.807) is 17.0 Å². The van der Waals surface area contributed by atoms with E-state index in [1.165, 1.54) is 17.7 Å². The molecular weight excluding hydrogens is 331 g/mol. The molecule has 1 aliphatic heterocycles. The van der Waals surface area contributed by atoms with Crippen LogP contribution in [0.4, 0.5) is 4.39 Å². The predicted molar refractivity (Wildman–Crippen MR) is 97.8 cm³/mol. The first-order valence-electron chi connectivity index (χ1n) is 8.87. The molecule has 2 aromatic carbocycles. The van der Waals surface area contributed by atoms with E-state index < -0.39 is 0 Å². The van der Waals surface area contributed by atoms with Crippen molar-refractivity contribution >= 4 is 11.8 Å². The van der Waals surface area contributed by atoms with Gasteiger partial charge in [0, 0.05) is 26.1 Å². The van der Waals surface area contributed by atoms with Crippen LogP contribution in [0.5, 0.6) is 0 Å². The van der Waals surface area contributed by atoms with Crippen molar-refractivity contribution in [3.05, 3.63) is 71.0 Å². The topological polar surface area (TPSA) is 49.4 Å². The summed E-state index contributed by atoms with van der Waals surface area (Å²) in [6, 6.07) is 14.3. The van der Waals surface area contributed by atoms with Crippen molar-refractivity contribution in [2.45, 2.75) is 26.3 Å². The van der Waals surface area contributed by atoms with Crippen LogP contribution >= 0.6 is 0 Å². The summed E-state index contributed by atoms with van der Waals surface area (Å²) < 4.78 is 12.9. The number of carbonyl (C=O) groups excluding carboxylic acids is 2. The Bertz CT molecular complexity index is 772. The van der Waals surface area contributed by atoms with Gasteiger partial charge in [0.1, 0.15) is 5.82 Å². The molecule has 0 radical (unpaired) electrons. The monoisotopic (exact) mass is 354 g/mol. The highest BCUT2D eigenvalue weighted by atomic mass is 19.1. The normalized spacial score (nSPS) is 16.8. The van der Waals surface area contributed by atoms with Gasteiger partial charge < -0.3 is 10.2 Å². The molecule has 1 heterocycles. The third-order valence-corrected chi connectivity index (χ3v) is 4.71. The fourth-order valence-corrected chi connectivity index (χ4v) is 3.14. The van der Waals surface area contributed by atoms with Crippen LogP contribution in [0, 0.1) is 18.7 Å². The SMILES string of the molecule is Cc1ccc(CN2CC(C(=O)NCCc3ccc(F)cc3)CC2=O)cc1. The largest absolute Gasteiger partial charge is 0.355 e. The molecule has 2 amide bonds. The van der Waals surface area contributed by atoms with Crippen LogP contribution < -0.4 is 5.32 Å². The fourth-order valence-electron chi connectivity index (χ4n) is 3.14. The number of benzene rings is 2. The van der Waals surface area contributed by atoms with Gasteiger partial charge in [-0.1, -0.05) is 42.0 Å². The van der Waals surface area contributed by atoms with Crippen LogP contribution in [-0.4, -0.2) is 29.8 Å². The summed E-state index contributed by atoms with van der Waals surface area (Å²) in [5.41, 5.74) is 3.22. The number of likely N-dealkylation sites (tertiary alicyclic amines) is 1. The summed E-state index contributed by atoms with van der Waals surface area (Å²) in [5, 5.41) is 2.89. The Kier molecular flexibility index (Phi) is 5.66. The summed E-state index contributed by atoms with van der Waals surface area (Å²) in [6.07, 6.45) is 0.897. The zero-order valence-corrected chi connectivity index (χ0v) is 14.9. The fraction of sp³-hybridized carbons (Fsp3) is 0.333. The lowest BCUT2D eigenvalue weighted by Gasteiger charge is -2.17. The molecule has 1 saturated heterocycles. The molecule has 2 aromatic rings. The summed E-state index contributed by atoms with van der Waals surface area (Å²) in [7, 11) is 0. The van der Waals surface area contributed by atoms with Crippen LogP contribution in [-0.2, 0) is 22.6 Å². The van der Waals surface area contributed by atoms with Crippen LogP contribution in [0.15, 0.2) is 48.5 Å². The highest BCUT2D eigenvalue weighted by Crippen LogP contribution is 2.20. The zero-order valence-electron chi connectivity index (χ0n) is 14.9. The van der Waals surface area contributed by atoms with E-state index in [9.17, 15) is 14.0 Å². The Morgan fingerprint density at radius 3 is 2.46 bits per heavy atom. The maximum atomic E-state index is 12.9. The second-order valence-corrected chi connectivity index (χ2v) is 6.83. The molecule has 5 heteroatoms. The van der Waals surface area contributed by atoms with Crippen LogP contribution in [0.2, 0.25) is 0 Å². The molecule has 1 atom stereocenters. The summed E-state index contributed by atoms with van der Waals surface area (Å²) in [4.78, 5) is 26.3. The molecule has 4 nitrogen and oxygen atoms in total. The molecular formula is C21H23FN2O2. The summed E-state index contributed by atoms with van der Waals surface area (Å²) in [6.45, 7) is 3.50. The molecule has 3 rings (SSSR count). The second kappa shape index (κ2) is 8.13. The van der Waals surface area contributed by atoms with Gasteiger partial charge in [-0.3, -0.25) is 9.59 Å². The van der Waals surface area contributed by atoms with E-state index in [4.69, 9.17) is 0 Å². The minimum absolute atomic E-state index is 0.0178. The number of halogens is 1. The van der Waals surface area contributed by atoms with E-state index in [0.717, 1.165) is 11.1 Å². The van der Waals surface area contributed by atoms with Crippen LogP contribution in [0.3, 0.4) is 0 Å². The number of nitrogens with one attached hydrogen (secondary N) is 1. The molecule has 1 fully saturated rings. The Hall–Kier alpha value is -2.69. The molecule has 0 aromatic heterocycles. The quantitative estimate of drug-likeness (QED) is 0.867. The molecule has 1 N–H and O–H groups in total. The first-order valence-corrected chi connectivity index (χ1v) is 8.87. The summed E-state index contributed by atoms with van der Waals surface area (Å²) >= 11 is 0. The van der Waals surface area contributed by atoms with E-state index in [-0.39, 0.29) is 30.0 Å². The summed E-state index contributed by atoms with van der Waals surface area (Å²) in [5.74, 6) is -0.645. The number of hydrogen-bond donors (Lipinski definition) is 1. The van der Waals surface area contributed by atoms with Crippen LogP contribution in [0.25, 0.3) is 0 Å². The Morgan fingerprint density at radius 2 is 1.77 bits per heavy atom. The molecule has 0 bridgehead atoms. The number of carbonyl (C=O) groups is 2. The van der Waals surface area contributed by atoms with Gasteiger partial charge in [0.2, 0.25) is 11.8 Å². The molecule has 1 unspecified atom stereocenters. The van der Waals surface area contributed by atoms with E-state index >= 15 is 0 Å². The lowest BCUT2D eigenvalue weighted by molar-refractivity contribution is -0.129. The smallest absolute Gasteiger partial charge is 0.225 e. The van der Waals surface area contributed by atoms with Gasteiger partial charge in [0.15, 0.2) is 0 Å². The standard InChI is InChI=1S/C21H23FN2O2/c1-15-2-4-17(5-3-15)13-24-14-18(12-20(24)25)21(26)23-11-10-16-6-8-19(22)9-7-16/h2-9,18H,10-14H2,1H3,(H,23,26). The number of rotatable bonds is 6. The Labute approximate surface area is 153 Å². The minimum Gasteiger partial charge on any atom is -0.355 e. The third-order valence-electron chi connectivity index (χ3n) is 4.71. The van der Waals surface area contributed by atoms with E-state index in [0.29, 0.717) is 26.1 Å². The zero-order chi connectivity index (χ0) is 18.5. The Morgan fingerprint density at radius 1 is 1.12 bits per heavy atom. The van der Waals surface area contributed by atoms with Crippen molar-refractivity contribution in [2.24, 2.45) is 5.92 Å². The Balaban J connectivity index is 1.47. The number of nitrogens with zero attached hydrogens (tertiary/aromatic N) is 1. The second-order valence-electron chi connectivity index (χ2n) is 6.83. The molecule has 1 aliphatic rings. The number of hydrogen-bond acceptors (Lipinski definition) is 2. The van der Waals surface area contributed by atoms with Crippen molar-refractivity contribution in [1.29, 1.82) is 0 Å². The first kappa shape index (κ1) is 18.1. The molecule has 26 heavy (non-hydrogen) atoms. The van der Waals surface area contributed by atoms with Gasteiger partial charge in [-0.05, 0) is 36.6 Å². The van der Waals surface area contributed by atoms with Gasteiger partial charge >= 0.3 is 0 Å². The van der Waals surface area contributed by atoms with Crippen molar-refractivity contribution in [3.63, 3.8) is 0 Å². The van der Waals surface area contributed by atoms with Gasteiger partial charge in [-0.15, -0.1) is 0 Å². The number of amides is 2. The third kappa shape index (κ3) is 4.69. The van der Waals surface area contributed by atoms with Gasteiger partial charge in [0.05, 0.1) is 5.92 Å². The molecule has 136 valence electrons. The first-order chi connectivity index (χ1) is 12.5. The predicted octanol–water partition coefficient (Wildman–Crippen LogP) is 2.84. The maximum absolute atomic E-state index is 12.9. The van der Waals surface area contributed by atoms with Crippen LogP contribution in [0.1, 0.15) is 23.1 Å². The average molecular weight is 354 g/mol. The van der Waals surface area contributed by atoms with Crippen molar-refractivity contribution in [3.8, 4) is 0 Å². The van der Waals surface area contributed by atoms with Gasteiger partial charge in [-0.25, -0.2) is 4.39 Å². The van der Waals surface area contributed by atoms with Crippen molar-refractivity contribution < 1.29 is 14.0 Å². The van der Waals surface area contributed by atoms with E-state index in [1.807, 2.05) is 31.2 Å². The highest BCUT2D eigenvalue weighted by Gasteiger charge is 2.33. The van der Waals surface area contributed by atoms with Crippen molar-refractivity contribution in [2.75, 3.05) is 13.1 Å². The molecule has 0 aliphatic carbocycles. The highest BCUT2D eigenvalue weighted by molar-refractivity contribution is 5.89.